The van der Waals surface area contributed by atoms with Crippen molar-refractivity contribution in [2.24, 2.45) is 0 Å². The minimum Gasteiger partial charge on any atom is -0.298 e. The summed E-state index contributed by atoms with van der Waals surface area (Å²) in [5, 5.41) is 8.39. The highest BCUT2D eigenvalue weighted by atomic mass is 32.2. The van der Waals surface area contributed by atoms with Crippen LogP contribution in [0.2, 0.25) is 0 Å². The predicted octanol–water partition coefficient (Wildman–Crippen LogP) is 1.41. The van der Waals surface area contributed by atoms with Crippen LogP contribution in [0.5, 0.6) is 0 Å². The van der Waals surface area contributed by atoms with Crippen LogP contribution in [-0.4, -0.2) is 20.2 Å². The molecular formula is C11H12N4OS. The minimum absolute atomic E-state index is 0.153. The molecule has 5 nitrogen and oxygen atoms in total. The fourth-order valence-corrected chi connectivity index (χ4v) is 2.03. The second-order valence-corrected chi connectivity index (χ2v) is 4.37. The van der Waals surface area contributed by atoms with Gasteiger partial charge in [-0.1, -0.05) is 18.7 Å². The number of aromatic nitrogens is 4. The lowest BCUT2D eigenvalue weighted by atomic mass is 10.3. The fraction of sp³-hybridized carbons (Fsp3) is 0.273. The summed E-state index contributed by atoms with van der Waals surface area (Å²) >= 11 is 1.45. The van der Waals surface area contributed by atoms with Crippen LogP contribution in [0.25, 0.3) is 0 Å². The van der Waals surface area contributed by atoms with Gasteiger partial charge in [0, 0.05) is 18.1 Å². The van der Waals surface area contributed by atoms with Gasteiger partial charge in [0.05, 0.1) is 0 Å². The van der Waals surface area contributed by atoms with Crippen LogP contribution in [0.15, 0.2) is 34.5 Å². The van der Waals surface area contributed by atoms with Gasteiger partial charge in [0.2, 0.25) is 0 Å². The van der Waals surface area contributed by atoms with E-state index >= 15 is 0 Å². The van der Waals surface area contributed by atoms with Crippen molar-refractivity contribution in [2.45, 2.75) is 24.3 Å². The van der Waals surface area contributed by atoms with Crippen molar-refractivity contribution in [2.75, 3.05) is 0 Å². The third-order valence-corrected chi connectivity index (χ3v) is 3.14. The van der Waals surface area contributed by atoms with E-state index in [1.807, 2.05) is 19.1 Å². The second-order valence-electron chi connectivity index (χ2n) is 3.40. The van der Waals surface area contributed by atoms with E-state index < -0.39 is 0 Å². The first-order chi connectivity index (χ1) is 8.29. The molecule has 0 aliphatic carbocycles. The molecule has 2 aromatic heterocycles. The molecule has 0 saturated heterocycles. The average molecular weight is 248 g/mol. The van der Waals surface area contributed by atoms with Crippen molar-refractivity contribution in [3.8, 4) is 0 Å². The van der Waals surface area contributed by atoms with Gasteiger partial charge in [-0.3, -0.25) is 14.8 Å². The van der Waals surface area contributed by atoms with Gasteiger partial charge in [-0.05, 0) is 24.1 Å². The Labute approximate surface area is 103 Å². The number of H-pyrrole nitrogens is 1. The zero-order valence-electron chi connectivity index (χ0n) is 9.38. The van der Waals surface area contributed by atoms with Crippen molar-refractivity contribution >= 4 is 11.8 Å². The van der Waals surface area contributed by atoms with Gasteiger partial charge in [-0.15, -0.1) is 10.2 Å². The summed E-state index contributed by atoms with van der Waals surface area (Å²) in [6.45, 7) is 1.88. The van der Waals surface area contributed by atoms with Gasteiger partial charge in [0.15, 0.2) is 5.16 Å². The summed E-state index contributed by atoms with van der Waals surface area (Å²) in [6.07, 6.45) is 4.08. The monoisotopic (exact) mass is 248 g/mol. The molecule has 2 rings (SSSR count). The lowest BCUT2D eigenvalue weighted by Crippen LogP contribution is -2.16. The second kappa shape index (κ2) is 5.58. The third kappa shape index (κ3) is 3.13. The predicted molar refractivity (Wildman–Crippen MR) is 65.8 cm³/mol. The van der Waals surface area contributed by atoms with Gasteiger partial charge in [0.25, 0.3) is 5.56 Å². The summed E-state index contributed by atoms with van der Waals surface area (Å²) < 4.78 is 0. The fourth-order valence-electron chi connectivity index (χ4n) is 1.27. The normalized spacial score (nSPS) is 10.4. The molecule has 0 radical (unpaired) electrons. The van der Waals surface area contributed by atoms with Crippen molar-refractivity contribution in [1.29, 1.82) is 0 Å². The SMILES string of the molecule is CCc1nnc(SCc2ccncc2)[nH]c1=O. The van der Waals surface area contributed by atoms with Crippen LogP contribution in [0.3, 0.4) is 0 Å². The first-order valence-corrected chi connectivity index (χ1v) is 6.25. The number of nitrogens with one attached hydrogen (secondary N) is 1. The number of hydrogen-bond donors (Lipinski definition) is 1. The smallest absolute Gasteiger partial charge is 0.273 e. The Kier molecular flexibility index (Phi) is 3.87. The lowest BCUT2D eigenvalue weighted by molar-refractivity contribution is 0.765. The number of hydrogen-bond acceptors (Lipinski definition) is 5. The third-order valence-electron chi connectivity index (χ3n) is 2.20. The maximum atomic E-state index is 11.5. The molecule has 88 valence electrons. The van der Waals surface area contributed by atoms with E-state index in [2.05, 4.69) is 20.2 Å². The Bertz CT molecular complexity index is 541. The van der Waals surface area contributed by atoms with Crippen LogP contribution in [0, 0.1) is 0 Å². The van der Waals surface area contributed by atoms with Crippen LogP contribution in [0.4, 0.5) is 0 Å². The zero-order chi connectivity index (χ0) is 12.1. The van der Waals surface area contributed by atoms with Crippen LogP contribution >= 0.6 is 11.8 Å². The van der Waals surface area contributed by atoms with Gasteiger partial charge in [-0.25, -0.2) is 0 Å². The summed E-state index contributed by atoms with van der Waals surface area (Å²) in [7, 11) is 0. The van der Waals surface area contributed by atoms with E-state index in [1.165, 1.54) is 11.8 Å². The Morgan fingerprint density at radius 1 is 1.29 bits per heavy atom. The summed E-state index contributed by atoms with van der Waals surface area (Å²) in [5.74, 6) is 0.735. The van der Waals surface area contributed by atoms with E-state index in [1.54, 1.807) is 12.4 Å². The molecular weight excluding hydrogens is 236 g/mol. The Morgan fingerprint density at radius 2 is 2.06 bits per heavy atom. The largest absolute Gasteiger partial charge is 0.298 e. The number of aryl methyl sites for hydroxylation is 1. The van der Waals surface area contributed by atoms with Gasteiger partial charge >= 0.3 is 0 Å². The molecule has 0 unspecified atom stereocenters. The topological polar surface area (TPSA) is 71.5 Å². The molecule has 0 aliphatic heterocycles. The summed E-state index contributed by atoms with van der Waals surface area (Å²) in [4.78, 5) is 18.2. The van der Waals surface area contributed by atoms with Crippen molar-refractivity contribution in [1.82, 2.24) is 20.2 Å². The first kappa shape index (κ1) is 11.8. The number of pyridine rings is 1. The highest BCUT2D eigenvalue weighted by molar-refractivity contribution is 7.98. The number of nitrogens with zero attached hydrogens (tertiary/aromatic N) is 3. The minimum atomic E-state index is -0.153. The van der Waals surface area contributed by atoms with E-state index in [0.29, 0.717) is 17.3 Å². The highest BCUT2D eigenvalue weighted by Crippen LogP contribution is 2.16. The molecule has 2 aromatic rings. The van der Waals surface area contributed by atoms with Gasteiger partial charge in [0.1, 0.15) is 5.69 Å². The maximum Gasteiger partial charge on any atom is 0.273 e. The van der Waals surface area contributed by atoms with E-state index in [-0.39, 0.29) is 5.56 Å². The average Bonchev–Trinajstić information content (AvgIpc) is 2.38. The van der Waals surface area contributed by atoms with Crippen molar-refractivity contribution in [3.63, 3.8) is 0 Å². The molecule has 0 amide bonds. The molecule has 17 heavy (non-hydrogen) atoms. The van der Waals surface area contributed by atoms with Crippen LogP contribution < -0.4 is 5.56 Å². The van der Waals surface area contributed by atoms with E-state index in [9.17, 15) is 4.79 Å². The van der Waals surface area contributed by atoms with E-state index in [0.717, 1.165) is 11.3 Å². The molecule has 1 N–H and O–H groups in total. The number of aromatic amines is 1. The van der Waals surface area contributed by atoms with Crippen molar-refractivity contribution < 1.29 is 0 Å². The molecule has 6 heteroatoms. The Balaban J connectivity index is 2.05. The molecule has 0 bridgehead atoms. The molecule has 0 spiro atoms. The maximum absolute atomic E-state index is 11.5. The molecule has 0 aliphatic rings. The van der Waals surface area contributed by atoms with Crippen LogP contribution in [0.1, 0.15) is 18.2 Å². The van der Waals surface area contributed by atoms with Crippen LogP contribution in [-0.2, 0) is 12.2 Å². The van der Waals surface area contributed by atoms with Crippen molar-refractivity contribution in [3.05, 3.63) is 46.1 Å². The molecule has 0 saturated carbocycles. The van der Waals surface area contributed by atoms with E-state index in [4.69, 9.17) is 0 Å². The molecule has 0 fully saturated rings. The van der Waals surface area contributed by atoms with Gasteiger partial charge < -0.3 is 0 Å². The number of rotatable bonds is 4. The molecule has 2 heterocycles. The molecule has 0 aromatic carbocycles. The first-order valence-electron chi connectivity index (χ1n) is 5.27. The summed E-state index contributed by atoms with van der Waals surface area (Å²) in [5.41, 5.74) is 1.45. The Hall–Kier alpha value is -1.69. The van der Waals surface area contributed by atoms with Gasteiger partial charge in [-0.2, -0.15) is 0 Å². The standard InChI is InChI=1S/C11H12N4OS/c1-2-9-10(16)13-11(15-14-9)17-7-8-3-5-12-6-4-8/h3-6H,2,7H2,1H3,(H,13,15,16). The number of thioether (sulfide) groups is 1. The quantitative estimate of drug-likeness (QED) is 0.828. The lowest BCUT2D eigenvalue weighted by Gasteiger charge is -2.00. The highest BCUT2D eigenvalue weighted by Gasteiger charge is 2.03. The summed E-state index contributed by atoms with van der Waals surface area (Å²) in [6, 6.07) is 3.86. The Morgan fingerprint density at radius 3 is 2.71 bits per heavy atom. The molecule has 0 atom stereocenters. The zero-order valence-corrected chi connectivity index (χ0v) is 10.2.